The average Bonchev–Trinajstić information content (AvgIpc) is 2.68. The number of ether oxygens (including phenoxy) is 1. The van der Waals surface area contributed by atoms with Crippen LogP contribution in [0.15, 0.2) is 24.3 Å². The lowest BCUT2D eigenvalue weighted by Gasteiger charge is -2.37. The average molecular weight is 412 g/mol. The Morgan fingerprint density at radius 2 is 1.50 bits per heavy atom. The van der Waals surface area contributed by atoms with Gasteiger partial charge in [0.05, 0.1) is 0 Å². The van der Waals surface area contributed by atoms with Crippen molar-refractivity contribution < 1.29 is 17.9 Å². The lowest BCUT2D eigenvalue weighted by Crippen LogP contribution is -2.28. The first-order valence-corrected chi connectivity index (χ1v) is 13.3. The van der Waals surface area contributed by atoms with E-state index in [9.17, 15) is 13.2 Å². The van der Waals surface area contributed by atoms with Gasteiger partial charge in [-0.15, -0.1) is 13.2 Å². The number of halogens is 3. The zero-order valence-corrected chi connectivity index (χ0v) is 18.1. The summed E-state index contributed by atoms with van der Waals surface area (Å²) < 4.78 is 40.9. The Bertz CT molecular complexity index is 571. The summed E-state index contributed by atoms with van der Waals surface area (Å²) >= 11 is 0. The van der Waals surface area contributed by atoms with Crippen molar-refractivity contribution in [2.75, 3.05) is 0 Å². The van der Waals surface area contributed by atoms with Crippen LogP contribution in [0.4, 0.5) is 13.2 Å². The van der Waals surface area contributed by atoms with Crippen molar-refractivity contribution in [2.45, 2.75) is 95.1 Å². The molecule has 2 fully saturated rings. The third kappa shape index (κ3) is 6.53. The van der Waals surface area contributed by atoms with Crippen LogP contribution in [0.2, 0.25) is 18.1 Å². The molecule has 0 bridgehead atoms. The lowest BCUT2D eigenvalue weighted by molar-refractivity contribution is -0.274. The van der Waals surface area contributed by atoms with Crippen molar-refractivity contribution in [3.05, 3.63) is 29.8 Å². The molecule has 0 atom stereocenters. The predicted octanol–water partition coefficient (Wildman–Crippen LogP) is 7.95. The smallest absolute Gasteiger partial charge is 0.406 e. The molecule has 1 nitrogen and oxygen atoms in total. The summed E-state index contributed by atoms with van der Waals surface area (Å²) in [6.45, 7) is 2.29. The Labute approximate surface area is 169 Å². The monoisotopic (exact) mass is 411 g/mol. The van der Waals surface area contributed by atoms with Gasteiger partial charge in [0, 0.05) is 8.80 Å². The normalized spacial score (nSPS) is 25.0. The number of hydrogen-bond donors (Lipinski definition) is 0. The summed E-state index contributed by atoms with van der Waals surface area (Å²) in [6.07, 6.45) is 7.42. The van der Waals surface area contributed by atoms with Crippen LogP contribution in [0.25, 0.3) is 0 Å². The third-order valence-corrected chi connectivity index (χ3v) is 9.95. The third-order valence-electron chi connectivity index (χ3n) is 6.89. The Kier molecular flexibility index (Phi) is 7.90. The fourth-order valence-corrected chi connectivity index (χ4v) is 8.32. The van der Waals surface area contributed by atoms with Crippen molar-refractivity contribution in [1.29, 1.82) is 0 Å². The van der Waals surface area contributed by atoms with Crippen LogP contribution < -0.4 is 4.74 Å². The van der Waals surface area contributed by atoms with E-state index in [4.69, 9.17) is 0 Å². The molecule has 1 radical (unpaired) electrons. The minimum absolute atomic E-state index is 0.0528. The molecule has 28 heavy (non-hydrogen) atoms. The fourth-order valence-electron chi connectivity index (χ4n) is 5.26. The van der Waals surface area contributed by atoms with Crippen LogP contribution in [-0.2, 0) is 0 Å². The van der Waals surface area contributed by atoms with Gasteiger partial charge >= 0.3 is 6.36 Å². The van der Waals surface area contributed by atoms with E-state index in [2.05, 4.69) is 11.7 Å². The number of unbranched alkanes of at least 4 members (excludes halogenated alkanes) is 2. The zero-order chi connectivity index (χ0) is 20.0. The van der Waals surface area contributed by atoms with Gasteiger partial charge in [0.15, 0.2) is 0 Å². The van der Waals surface area contributed by atoms with Crippen LogP contribution in [0.1, 0.15) is 76.2 Å². The van der Waals surface area contributed by atoms with E-state index in [0.29, 0.717) is 5.92 Å². The first kappa shape index (κ1) is 21.7. The van der Waals surface area contributed by atoms with Gasteiger partial charge in [-0.1, -0.05) is 69.3 Å². The first-order valence-electron chi connectivity index (χ1n) is 11.1. The second-order valence-corrected chi connectivity index (χ2v) is 11.8. The molecule has 1 aromatic carbocycles. The topological polar surface area (TPSA) is 9.23 Å². The molecule has 1 saturated carbocycles. The fraction of sp³-hybridized carbons (Fsp3) is 0.739. The van der Waals surface area contributed by atoms with E-state index in [1.165, 1.54) is 88.1 Å². The maximum absolute atomic E-state index is 12.3. The van der Waals surface area contributed by atoms with E-state index >= 15 is 0 Å². The summed E-state index contributed by atoms with van der Waals surface area (Å²) in [6, 6.07) is 11.1. The molecule has 0 amide bonds. The van der Waals surface area contributed by atoms with E-state index < -0.39 is 6.36 Å². The summed E-state index contributed by atoms with van der Waals surface area (Å²) in [5.74, 6) is 2.18. The highest BCUT2D eigenvalue weighted by molar-refractivity contribution is 6.58. The van der Waals surface area contributed by atoms with Gasteiger partial charge in [-0.05, 0) is 61.1 Å². The molecule has 0 unspecified atom stereocenters. The maximum atomic E-state index is 12.3. The van der Waals surface area contributed by atoms with Crippen molar-refractivity contribution >= 4 is 8.80 Å². The van der Waals surface area contributed by atoms with E-state index in [0.717, 1.165) is 17.4 Å². The quantitative estimate of drug-likeness (QED) is 0.327. The molecule has 1 aromatic rings. The zero-order valence-electron chi connectivity index (χ0n) is 17.1. The van der Waals surface area contributed by atoms with Crippen molar-refractivity contribution in [1.82, 2.24) is 0 Å². The Morgan fingerprint density at radius 1 is 0.893 bits per heavy atom. The largest absolute Gasteiger partial charge is 0.573 e. The Hall–Kier alpha value is -0.973. The molecule has 2 aliphatic rings. The number of hydrogen-bond acceptors (Lipinski definition) is 1. The van der Waals surface area contributed by atoms with Gasteiger partial charge in [-0.25, -0.2) is 0 Å². The minimum atomic E-state index is -4.61. The maximum Gasteiger partial charge on any atom is 0.573 e. The van der Waals surface area contributed by atoms with Crippen LogP contribution in [0.3, 0.4) is 0 Å². The molecular weight excluding hydrogens is 377 g/mol. The number of benzene rings is 1. The van der Waals surface area contributed by atoms with Crippen molar-refractivity contribution in [3.63, 3.8) is 0 Å². The van der Waals surface area contributed by atoms with Gasteiger partial charge in [-0.2, -0.15) is 0 Å². The molecule has 3 rings (SSSR count). The summed E-state index contributed by atoms with van der Waals surface area (Å²) in [5, 5.41) is 0. The molecule has 5 heteroatoms. The molecule has 157 valence electrons. The standard InChI is InChI=1S/C23H34F3OSi/c1-2-3-4-15-28-16-13-21(14-17-28)19-7-5-18(6-8-19)20-9-11-22(12-10-20)27-23(24,25)26/h9-12,18-19,21H,2-8,13-17H2,1H3. The van der Waals surface area contributed by atoms with Gasteiger partial charge in [-0.3, -0.25) is 0 Å². The lowest BCUT2D eigenvalue weighted by atomic mass is 9.72. The molecule has 1 heterocycles. The second-order valence-electron chi connectivity index (χ2n) is 8.77. The molecule has 0 spiro atoms. The van der Waals surface area contributed by atoms with Gasteiger partial charge < -0.3 is 4.74 Å². The van der Waals surface area contributed by atoms with Crippen LogP contribution in [0.5, 0.6) is 5.75 Å². The van der Waals surface area contributed by atoms with Crippen molar-refractivity contribution in [2.24, 2.45) is 11.8 Å². The van der Waals surface area contributed by atoms with Gasteiger partial charge in [0.25, 0.3) is 0 Å². The highest BCUT2D eigenvalue weighted by atomic mass is 28.3. The molecule has 1 aliphatic heterocycles. The van der Waals surface area contributed by atoms with Crippen LogP contribution in [-0.4, -0.2) is 15.2 Å². The SMILES string of the molecule is CCCCC[Si]1CCC(C2CCC(c3ccc(OC(F)(F)F)cc3)CC2)CC1. The van der Waals surface area contributed by atoms with Crippen molar-refractivity contribution in [3.8, 4) is 5.75 Å². The highest BCUT2D eigenvalue weighted by Crippen LogP contribution is 2.44. The Balaban J connectivity index is 1.41. The number of alkyl halides is 3. The highest BCUT2D eigenvalue weighted by Gasteiger charge is 2.32. The van der Waals surface area contributed by atoms with Crippen LogP contribution >= 0.6 is 0 Å². The number of rotatable bonds is 7. The van der Waals surface area contributed by atoms with E-state index in [1.807, 2.05) is 12.1 Å². The molecule has 1 aliphatic carbocycles. The predicted molar refractivity (Wildman–Crippen MR) is 110 cm³/mol. The summed E-state index contributed by atoms with van der Waals surface area (Å²) in [4.78, 5) is 0. The minimum Gasteiger partial charge on any atom is -0.406 e. The Morgan fingerprint density at radius 3 is 2.07 bits per heavy atom. The summed E-state index contributed by atoms with van der Waals surface area (Å²) in [7, 11) is -0.0528. The molecular formula is C23H34F3OSi. The molecule has 1 saturated heterocycles. The van der Waals surface area contributed by atoms with E-state index in [-0.39, 0.29) is 14.5 Å². The van der Waals surface area contributed by atoms with E-state index in [1.54, 1.807) is 0 Å². The molecule has 0 N–H and O–H groups in total. The van der Waals surface area contributed by atoms with Gasteiger partial charge in [0.2, 0.25) is 0 Å². The second kappa shape index (κ2) is 10.2. The van der Waals surface area contributed by atoms with Crippen LogP contribution in [0, 0.1) is 11.8 Å². The first-order chi connectivity index (χ1) is 13.4. The van der Waals surface area contributed by atoms with Gasteiger partial charge in [0.1, 0.15) is 5.75 Å². The molecule has 0 aromatic heterocycles. The summed E-state index contributed by atoms with van der Waals surface area (Å²) in [5.41, 5.74) is 1.16.